The number of aliphatic imine (C=N–C) groups is 1. The number of hydrogen-bond acceptors (Lipinski definition) is 5. The molecule has 2 rings (SSSR count). The number of methoxy groups -OCH3 is 2. The second-order valence-electron chi connectivity index (χ2n) is 7.71. The quantitative estimate of drug-likeness (QED) is 0.367. The Balaban J connectivity index is 1.77. The van der Waals surface area contributed by atoms with Crippen LogP contribution in [0.15, 0.2) is 47.5 Å². The summed E-state index contributed by atoms with van der Waals surface area (Å²) in [7, 11) is 7.27. The van der Waals surface area contributed by atoms with Gasteiger partial charge in [0.15, 0.2) is 5.96 Å². The molecule has 0 fully saturated rings. The molecule has 0 aliphatic heterocycles. The topological polar surface area (TPSA) is 67.4 Å². The zero-order chi connectivity index (χ0) is 23.2. The minimum Gasteiger partial charge on any atom is -0.496 e. The Bertz CT molecular complexity index is 842. The van der Waals surface area contributed by atoms with Crippen molar-refractivity contribution in [1.29, 1.82) is 0 Å². The number of rotatable bonds is 13. The summed E-state index contributed by atoms with van der Waals surface area (Å²) >= 11 is 0. The van der Waals surface area contributed by atoms with Gasteiger partial charge in [-0.25, -0.2) is 0 Å². The molecule has 7 nitrogen and oxygen atoms in total. The Labute approximate surface area is 192 Å². The van der Waals surface area contributed by atoms with Gasteiger partial charge in [0.25, 0.3) is 0 Å². The molecule has 0 aromatic heterocycles. The zero-order valence-corrected chi connectivity index (χ0v) is 20.1. The van der Waals surface area contributed by atoms with E-state index in [-0.39, 0.29) is 0 Å². The van der Waals surface area contributed by atoms with Crippen molar-refractivity contribution in [3.8, 4) is 11.5 Å². The number of nitrogens with zero attached hydrogens (tertiary/aromatic N) is 2. The molecule has 32 heavy (non-hydrogen) atoms. The van der Waals surface area contributed by atoms with Crippen molar-refractivity contribution in [1.82, 2.24) is 15.5 Å². The monoisotopic (exact) mass is 442 g/mol. The first-order valence-electron chi connectivity index (χ1n) is 11.0. The van der Waals surface area contributed by atoms with Crippen LogP contribution in [0.4, 0.5) is 0 Å². The van der Waals surface area contributed by atoms with Crippen molar-refractivity contribution in [2.75, 3.05) is 61.2 Å². The third-order valence-electron chi connectivity index (χ3n) is 5.12. The van der Waals surface area contributed by atoms with E-state index >= 15 is 0 Å². The molecule has 0 spiro atoms. The average molecular weight is 443 g/mol. The standard InChI is InChI=1S/C25H38N4O3/c1-20-9-10-24(31-5)22(17-20)11-12-27-25(26-2)28-19-21-7-6-8-23(18-21)32-16-14-29(3)13-15-30-4/h6-10,17-18H,11-16,19H2,1-5H3,(H2,26,27,28). The number of hydrogen-bond donors (Lipinski definition) is 2. The summed E-state index contributed by atoms with van der Waals surface area (Å²) in [4.78, 5) is 6.52. The number of nitrogens with one attached hydrogen (secondary N) is 2. The van der Waals surface area contributed by atoms with Gasteiger partial charge in [0.05, 0.1) is 13.7 Å². The van der Waals surface area contributed by atoms with Gasteiger partial charge in [-0.2, -0.15) is 0 Å². The SMILES string of the molecule is CN=C(NCCc1cc(C)ccc1OC)NCc1cccc(OCCN(C)CCOC)c1. The lowest BCUT2D eigenvalue weighted by Crippen LogP contribution is -2.37. The van der Waals surface area contributed by atoms with Gasteiger partial charge < -0.3 is 29.7 Å². The number of likely N-dealkylation sites (N-methyl/N-ethyl adjacent to an activating group) is 1. The van der Waals surface area contributed by atoms with Crippen LogP contribution >= 0.6 is 0 Å². The largest absolute Gasteiger partial charge is 0.496 e. The van der Waals surface area contributed by atoms with Crippen LogP contribution in [0.3, 0.4) is 0 Å². The van der Waals surface area contributed by atoms with Crippen LogP contribution in [0.2, 0.25) is 0 Å². The van der Waals surface area contributed by atoms with Gasteiger partial charge in [-0.3, -0.25) is 4.99 Å². The molecule has 0 heterocycles. The first kappa shape index (κ1) is 25.5. The highest BCUT2D eigenvalue weighted by Gasteiger charge is 2.05. The third-order valence-corrected chi connectivity index (χ3v) is 5.12. The van der Waals surface area contributed by atoms with Crippen molar-refractivity contribution in [3.63, 3.8) is 0 Å². The summed E-state index contributed by atoms with van der Waals surface area (Å²) in [6.45, 7) is 6.64. The predicted octanol–water partition coefficient (Wildman–Crippen LogP) is 2.87. The minimum absolute atomic E-state index is 0.642. The fraction of sp³-hybridized carbons (Fsp3) is 0.480. The zero-order valence-electron chi connectivity index (χ0n) is 20.1. The maximum Gasteiger partial charge on any atom is 0.191 e. The van der Waals surface area contributed by atoms with Crippen LogP contribution < -0.4 is 20.1 Å². The summed E-state index contributed by atoms with van der Waals surface area (Å²) in [5.74, 6) is 2.56. The molecule has 176 valence electrons. The molecule has 0 atom stereocenters. The molecule has 0 aliphatic rings. The lowest BCUT2D eigenvalue weighted by molar-refractivity contribution is 0.150. The lowest BCUT2D eigenvalue weighted by atomic mass is 10.1. The van der Waals surface area contributed by atoms with E-state index < -0.39 is 0 Å². The molecule has 7 heteroatoms. The molecule has 0 unspecified atom stereocenters. The van der Waals surface area contributed by atoms with E-state index in [0.717, 1.165) is 55.7 Å². The molecule has 0 saturated carbocycles. The van der Waals surface area contributed by atoms with Crippen LogP contribution in [0, 0.1) is 6.92 Å². The Morgan fingerprint density at radius 3 is 2.59 bits per heavy atom. The van der Waals surface area contributed by atoms with Crippen LogP contribution in [0.5, 0.6) is 11.5 Å². The molecule has 2 N–H and O–H groups in total. The molecule has 0 aliphatic carbocycles. The van der Waals surface area contributed by atoms with E-state index in [1.807, 2.05) is 18.2 Å². The molecule has 2 aromatic carbocycles. The van der Waals surface area contributed by atoms with Gasteiger partial charge in [-0.05, 0) is 49.7 Å². The van der Waals surface area contributed by atoms with Gasteiger partial charge in [-0.1, -0.05) is 29.8 Å². The summed E-state index contributed by atoms with van der Waals surface area (Å²) in [5, 5.41) is 6.74. The van der Waals surface area contributed by atoms with Crippen molar-refractivity contribution in [2.45, 2.75) is 19.9 Å². The average Bonchev–Trinajstić information content (AvgIpc) is 2.80. The fourth-order valence-electron chi connectivity index (χ4n) is 3.25. The van der Waals surface area contributed by atoms with Gasteiger partial charge in [-0.15, -0.1) is 0 Å². The van der Waals surface area contributed by atoms with Gasteiger partial charge in [0.2, 0.25) is 0 Å². The smallest absolute Gasteiger partial charge is 0.191 e. The molecule has 0 bridgehead atoms. The number of benzene rings is 2. The van der Waals surface area contributed by atoms with Crippen molar-refractivity contribution in [3.05, 3.63) is 59.2 Å². The first-order chi connectivity index (χ1) is 15.5. The molecule has 0 amide bonds. The maximum absolute atomic E-state index is 5.91. The van der Waals surface area contributed by atoms with E-state index in [1.165, 1.54) is 11.1 Å². The Morgan fingerprint density at radius 2 is 1.84 bits per heavy atom. The van der Waals surface area contributed by atoms with E-state index in [4.69, 9.17) is 14.2 Å². The number of aryl methyl sites for hydroxylation is 1. The number of ether oxygens (including phenoxy) is 3. The summed E-state index contributed by atoms with van der Waals surface area (Å²) in [5.41, 5.74) is 3.55. The highest BCUT2D eigenvalue weighted by Crippen LogP contribution is 2.19. The van der Waals surface area contributed by atoms with Gasteiger partial charge in [0.1, 0.15) is 18.1 Å². The van der Waals surface area contributed by atoms with Gasteiger partial charge >= 0.3 is 0 Å². The van der Waals surface area contributed by atoms with Crippen LogP contribution in [0.25, 0.3) is 0 Å². The second kappa shape index (κ2) is 14.3. The number of guanidine groups is 1. The first-order valence-corrected chi connectivity index (χ1v) is 11.0. The molecule has 0 radical (unpaired) electrons. The predicted molar refractivity (Wildman–Crippen MR) is 131 cm³/mol. The summed E-state index contributed by atoms with van der Waals surface area (Å²) in [6, 6.07) is 14.4. The minimum atomic E-state index is 0.642. The van der Waals surface area contributed by atoms with Crippen molar-refractivity contribution in [2.24, 2.45) is 4.99 Å². The highest BCUT2D eigenvalue weighted by atomic mass is 16.5. The molecule has 2 aromatic rings. The van der Waals surface area contributed by atoms with Crippen LogP contribution in [-0.2, 0) is 17.7 Å². The van der Waals surface area contributed by atoms with Crippen molar-refractivity contribution >= 4 is 5.96 Å². The van der Waals surface area contributed by atoms with Crippen LogP contribution in [0.1, 0.15) is 16.7 Å². The normalized spacial score (nSPS) is 11.5. The molecular weight excluding hydrogens is 404 g/mol. The summed E-state index contributed by atoms with van der Waals surface area (Å²) < 4.78 is 16.5. The highest BCUT2D eigenvalue weighted by molar-refractivity contribution is 5.79. The van der Waals surface area contributed by atoms with E-state index in [2.05, 4.69) is 58.8 Å². The second-order valence-corrected chi connectivity index (χ2v) is 7.71. The molecular formula is C25H38N4O3. The third kappa shape index (κ3) is 9.16. The maximum atomic E-state index is 5.91. The van der Waals surface area contributed by atoms with Crippen molar-refractivity contribution < 1.29 is 14.2 Å². The van der Waals surface area contributed by atoms with E-state index in [1.54, 1.807) is 21.3 Å². The Morgan fingerprint density at radius 1 is 1.03 bits per heavy atom. The van der Waals surface area contributed by atoms with E-state index in [0.29, 0.717) is 13.2 Å². The van der Waals surface area contributed by atoms with Gasteiger partial charge in [0, 0.05) is 40.3 Å². The summed E-state index contributed by atoms with van der Waals surface area (Å²) in [6.07, 6.45) is 0.855. The van der Waals surface area contributed by atoms with Crippen LogP contribution in [-0.4, -0.2) is 72.0 Å². The Kier molecular flexibility index (Phi) is 11.4. The fourth-order valence-corrected chi connectivity index (χ4v) is 3.25. The lowest BCUT2D eigenvalue weighted by Gasteiger charge is -2.17. The molecule has 0 saturated heterocycles. The van der Waals surface area contributed by atoms with E-state index in [9.17, 15) is 0 Å². The Hall–Kier alpha value is -2.77.